The van der Waals surface area contributed by atoms with Crippen molar-refractivity contribution in [3.63, 3.8) is 0 Å². The highest BCUT2D eigenvalue weighted by Crippen LogP contribution is 2.35. The number of nitrogens with one attached hydrogen (secondary N) is 1. The smallest absolute Gasteiger partial charge is 0.0850 e. The molecule has 3 nitrogen and oxygen atoms in total. The Hall–Kier alpha value is -0.490. The van der Waals surface area contributed by atoms with E-state index in [9.17, 15) is 0 Å². The zero-order chi connectivity index (χ0) is 11.6. The highest BCUT2D eigenvalue weighted by atomic mass is 127. The fourth-order valence-electron chi connectivity index (χ4n) is 1.98. The average molecular weight is 332 g/mol. The molecule has 1 aliphatic rings. The van der Waals surface area contributed by atoms with Gasteiger partial charge in [0, 0.05) is 17.2 Å². The third-order valence-electron chi connectivity index (χ3n) is 3.31. The van der Waals surface area contributed by atoms with Crippen LogP contribution in [0.1, 0.15) is 19.3 Å². The van der Waals surface area contributed by atoms with Gasteiger partial charge < -0.3 is 15.8 Å². The molecule has 88 valence electrons. The zero-order valence-corrected chi connectivity index (χ0v) is 11.6. The van der Waals surface area contributed by atoms with Crippen LogP contribution in [0.5, 0.6) is 0 Å². The Bertz CT molecular complexity index is 372. The van der Waals surface area contributed by atoms with Crippen molar-refractivity contribution in [3.05, 3.63) is 21.8 Å². The summed E-state index contributed by atoms with van der Waals surface area (Å²) in [5.41, 5.74) is 7.79. The van der Waals surface area contributed by atoms with Crippen LogP contribution >= 0.6 is 22.6 Å². The molecule has 0 heterocycles. The summed E-state index contributed by atoms with van der Waals surface area (Å²) in [6.45, 7) is 0.842. The number of halogens is 1. The number of hydrogen-bond donors (Lipinski definition) is 2. The van der Waals surface area contributed by atoms with Gasteiger partial charge in [0.1, 0.15) is 0 Å². The lowest BCUT2D eigenvalue weighted by Crippen LogP contribution is -2.45. The molecular weight excluding hydrogens is 315 g/mol. The molecule has 1 fully saturated rings. The van der Waals surface area contributed by atoms with E-state index < -0.39 is 0 Å². The molecule has 1 aliphatic carbocycles. The fraction of sp³-hybridized carbons (Fsp3) is 0.500. The van der Waals surface area contributed by atoms with Crippen molar-refractivity contribution in [1.29, 1.82) is 0 Å². The van der Waals surface area contributed by atoms with E-state index in [1.165, 1.54) is 6.42 Å². The van der Waals surface area contributed by atoms with Crippen LogP contribution in [0.25, 0.3) is 0 Å². The summed E-state index contributed by atoms with van der Waals surface area (Å²) in [6, 6.07) is 6.06. The van der Waals surface area contributed by atoms with Gasteiger partial charge in [-0.2, -0.15) is 0 Å². The van der Waals surface area contributed by atoms with E-state index in [1.54, 1.807) is 7.11 Å². The molecule has 4 heteroatoms. The van der Waals surface area contributed by atoms with Crippen LogP contribution in [0.3, 0.4) is 0 Å². The number of nitrogen functional groups attached to an aromatic ring is 1. The molecule has 1 saturated carbocycles. The van der Waals surface area contributed by atoms with Gasteiger partial charge in [-0.3, -0.25) is 0 Å². The van der Waals surface area contributed by atoms with Gasteiger partial charge in [-0.1, -0.05) is 0 Å². The van der Waals surface area contributed by atoms with Gasteiger partial charge in [0.25, 0.3) is 0 Å². The summed E-state index contributed by atoms with van der Waals surface area (Å²) in [6.07, 6.45) is 3.54. The number of methoxy groups -OCH3 is 1. The van der Waals surface area contributed by atoms with Crippen LogP contribution in [0.2, 0.25) is 0 Å². The summed E-state index contributed by atoms with van der Waals surface area (Å²) in [7, 11) is 1.79. The first kappa shape index (κ1) is 12.0. The second-order valence-corrected chi connectivity index (χ2v) is 5.57. The lowest BCUT2D eigenvalue weighted by atomic mass is 9.80. The van der Waals surface area contributed by atoms with Gasteiger partial charge in [-0.15, -0.1) is 0 Å². The predicted molar refractivity (Wildman–Crippen MR) is 75.7 cm³/mol. The minimum Gasteiger partial charge on any atom is -0.397 e. The number of rotatable bonds is 4. The third kappa shape index (κ3) is 2.43. The Labute approximate surface area is 110 Å². The number of ether oxygens (including phenoxy) is 1. The van der Waals surface area contributed by atoms with Gasteiger partial charge in [-0.25, -0.2) is 0 Å². The van der Waals surface area contributed by atoms with Crippen LogP contribution in [0, 0.1) is 3.57 Å². The van der Waals surface area contributed by atoms with Gasteiger partial charge in [-0.05, 0) is 60.1 Å². The molecule has 0 aromatic heterocycles. The maximum Gasteiger partial charge on any atom is 0.0850 e. The first-order valence-corrected chi connectivity index (χ1v) is 6.57. The topological polar surface area (TPSA) is 47.3 Å². The van der Waals surface area contributed by atoms with Crippen molar-refractivity contribution in [3.8, 4) is 0 Å². The van der Waals surface area contributed by atoms with Crippen LogP contribution in [-0.2, 0) is 4.74 Å². The van der Waals surface area contributed by atoms with Crippen molar-refractivity contribution >= 4 is 34.0 Å². The highest BCUT2D eigenvalue weighted by Gasteiger charge is 2.36. The lowest BCUT2D eigenvalue weighted by Gasteiger charge is -2.40. The minimum atomic E-state index is 0.0371. The first-order chi connectivity index (χ1) is 7.65. The molecule has 16 heavy (non-hydrogen) atoms. The Morgan fingerprint density at radius 3 is 2.75 bits per heavy atom. The molecule has 0 saturated heterocycles. The second-order valence-electron chi connectivity index (χ2n) is 4.33. The summed E-state index contributed by atoms with van der Waals surface area (Å²) in [5.74, 6) is 0. The zero-order valence-electron chi connectivity index (χ0n) is 9.42. The Kier molecular flexibility index (Phi) is 3.59. The first-order valence-electron chi connectivity index (χ1n) is 5.49. The maximum atomic E-state index is 5.94. The number of anilines is 2. The van der Waals surface area contributed by atoms with E-state index in [0.717, 1.165) is 34.3 Å². The van der Waals surface area contributed by atoms with Crippen LogP contribution in [-0.4, -0.2) is 19.3 Å². The Morgan fingerprint density at radius 1 is 1.50 bits per heavy atom. The van der Waals surface area contributed by atoms with Crippen LogP contribution in [0.15, 0.2) is 18.2 Å². The standard InChI is InChI=1S/C12H17IN2O/c1-16-12(5-2-6-12)8-15-11-4-3-9(13)7-10(11)14/h3-4,7,15H,2,5-6,8,14H2,1H3. The molecule has 3 N–H and O–H groups in total. The van der Waals surface area contributed by atoms with Crippen molar-refractivity contribution < 1.29 is 4.74 Å². The van der Waals surface area contributed by atoms with E-state index in [4.69, 9.17) is 10.5 Å². The second kappa shape index (κ2) is 4.79. The molecule has 0 atom stereocenters. The minimum absolute atomic E-state index is 0.0371. The summed E-state index contributed by atoms with van der Waals surface area (Å²) in [5, 5.41) is 3.38. The molecule has 0 radical (unpaired) electrons. The molecule has 0 bridgehead atoms. The molecule has 0 spiro atoms. The average Bonchev–Trinajstić information content (AvgIpc) is 2.19. The van der Waals surface area contributed by atoms with Crippen molar-refractivity contribution in [2.24, 2.45) is 0 Å². The van der Waals surface area contributed by atoms with E-state index in [2.05, 4.69) is 34.0 Å². The third-order valence-corrected chi connectivity index (χ3v) is 3.98. The van der Waals surface area contributed by atoms with E-state index in [-0.39, 0.29) is 5.60 Å². The monoisotopic (exact) mass is 332 g/mol. The van der Waals surface area contributed by atoms with Crippen LogP contribution < -0.4 is 11.1 Å². The number of benzene rings is 1. The molecule has 0 aliphatic heterocycles. The Balaban J connectivity index is 1.99. The Morgan fingerprint density at radius 2 is 2.25 bits per heavy atom. The summed E-state index contributed by atoms with van der Waals surface area (Å²) in [4.78, 5) is 0. The molecule has 1 aromatic rings. The quantitative estimate of drug-likeness (QED) is 0.658. The molecule has 0 amide bonds. The number of nitrogens with two attached hydrogens (primary N) is 1. The predicted octanol–water partition coefficient (Wildman–Crippen LogP) is 2.85. The van der Waals surface area contributed by atoms with Crippen molar-refractivity contribution in [1.82, 2.24) is 0 Å². The largest absolute Gasteiger partial charge is 0.397 e. The highest BCUT2D eigenvalue weighted by molar-refractivity contribution is 14.1. The number of hydrogen-bond acceptors (Lipinski definition) is 3. The molecular formula is C12H17IN2O. The molecule has 1 aromatic carbocycles. The van der Waals surface area contributed by atoms with Gasteiger partial charge in [0.2, 0.25) is 0 Å². The fourth-order valence-corrected chi connectivity index (χ4v) is 2.49. The van der Waals surface area contributed by atoms with E-state index in [0.29, 0.717) is 0 Å². The molecule has 2 rings (SSSR count). The van der Waals surface area contributed by atoms with Crippen molar-refractivity contribution in [2.45, 2.75) is 24.9 Å². The summed E-state index contributed by atoms with van der Waals surface area (Å²) >= 11 is 2.26. The van der Waals surface area contributed by atoms with Gasteiger partial charge >= 0.3 is 0 Å². The van der Waals surface area contributed by atoms with Gasteiger partial charge in [0.15, 0.2) is 0 Å². The summed E-state index contributed by atoms with van der Waals surface area (Å²) < 4.78 is 6.71. The van der Waals surface area contributed by atoms with Crippen LogP contribution in [0.4, 0.5) is 11.4 Å². The van der Waals surface area contributed by atoms with Gasteiger partial charge in [0.05, 0.1) is 17.0 Å². The lowest BCUT2D eigenvalue weighted by molar-refractivity contribution is -0.0601. The van der Waals surface area contributed by atoms with E-state index >= 15 is 0 Å². The maximum absolute atomic E-state index is 5.94. The van der Waals surface area contributed by atoms with E-state index in [1.807, 2.05) is 12.1 Å². The van der Waals surface area contributed by atoms with Crippen molar-refractivity contribution in [2.75, 3.05) is 24.7 Å². The SMILES string of the molecule is COC1(CNc2ccc(I)cc2N)CCC1. The normalized spacial score (nSPS) is 17.9. The molecule has 0 unspecified atom stereocenters.